The highest BCUT2D eigenvalue weighted by molar-refractivity contribution is 6.00. The zero-order valence-corrected chi connectivity index (χ0v) is 15.2. The van der Waals surface area contributed by atoms with Crippen LogP contribution in [0.5, 0.6) is 11.5 Å². The summed E-state index contributed by atoms with van der Waals surface area (Å²) < 4.78 is 11.1. The second-order valence-electron chi connectivity index (χ2n) is 6.88. The predicted molar refractivity (Wildman–Crippen MR) is 101 cm³/mol. The Hall–Kier alpha value is -3.02. The lowest BCUT2D eigenvalue weighted by Crippen LogP contribution is -2.32. The van der Waals surface area contributed by atoms with Gasteiger partial charge in [0.1, 0.15) is 13.2 Å². The van der Waals surface area contributed by atoms with Crippen molar-refractivity contribution in [3.8, 4) is 11.5 Å². The van der Waals surface area contributed by atoms with Crippen LogP contribution in [0.25, 0.3) is 0 Å². The van der Waals surface area contributed by atoms with Crippen molar-refractivity contribution in [3.63, 3.8) is 0 Å². The van der Waals surface area contributed by atoms with E-state index in [4.69, 9.17) is 9.47 Å². The summed E-state index contributed by atoms with van der Waals surface area (Å²) in [7, 11) is 0. The van der Waals surface area contributed by atoms with E-state index in [1.54, 1.807) is 11.0 Å². The first-order valence-corrected chi connectivity index (χ1v) is 9.14. The first kappa shape index (κ1) is 17.4. The van der Waals surface area contributed by atoms with Gasteiger partial charge in [0.05, 0.1) is 5.92 Å². The molecule has 0 saturated carbocycles. The summed E-state index contributed by atoms with van der Waals surface area (Å²) in [6.07, 6.45) is 0.216. The Morgan fingerprint density at radius 2 is 1.93 bits per heavy atom. The Kier molecular flexibility index (Phi) is 4.71. The minimum absolute atomic E-state index is 0.0530. The van der Waals surface area contributed by atoms with Crippen molar-refractivity contribution in [2.45, 2.75) is 19.9 Å². The van der Waals surface area contributed by atoms with Gasteiger partial charge in [-0.15, -0.1) is 0 Å². The smallest absolute Gasteiger partial charge is 0.227 e. The molecule has 1 fully saturated rings. The molecule has 27 heavy (non-hydrogen) atoms. The molecular formula is C21H22N2O4. The standard InChI is InChI=1S/C21H22N2O4/c1-14-4-2-3-5-15(14)12-22-21(25)16-10-20(24)23(13-16)17-6-7-18-19(11-17)27-9-8-26-18/h2-7,11,16H,8-10,12-13H2,1H3,(H,22,25)/t16-/m0/s1. The molecule has 0 unspecified atom stereocenters. The second kappa shape index (κ2) is 7.31. The number of benzene rings is 2. The molecule has 1 saturated heterocycles. The zero-order chi connectivity index (χ0) is 18.8. The highest BCUT2D eigenvalue weighted by Gasteiger charge is 2.35. The van der Waals surface area contributed by atoms with Gasteiger partial charge in [-0.3, -0.25) is 9.59 Å². The third kappa shape index (κ3) is 3.60. The SMILES string of the molecule is Cc1ccccc1CNC(=O)[C@H]1CC(=O)N(c2ccc3c(c2)OCCO3)C1. The van der Waals surface area contributed by atoms with Crippen LogP contribution in [0.4, 0.5) is 5.69 Å². The lowest BCUT2D eigenvalue weighted by molar-refractivity contribution is -0.126. The van der Waals surface area contributed by atoms with Gasteiger partial charge in [0.15, 0.2) is 11.5 Å². The summed E-state index contributed by atoms with van der Waals surface area (Å²) in [5, 5.41) is 2.96. The van der Waals surface area contributed by atoms with Crippen molar-refractivity contribution < 1.29 is 19.1 Å². The van der Waals surface area contributed by atoms with E-state index >= 15 is 0 Å². The first-order valence-electron chi connectivity index (χ1n) is 9.14. The van der Waals surface area contributed by atoms with Crippen LogP contribution in [0.3, 0.4) is 0 Å². The minimum Gasteiger partial charge on any atom is -0.486 e. The van der Waals surface area contributed by atoms with Gasteiger partial charge in [-0.25, -0.2) is 0 Å². The fraction of sp³-hybridized carbons (Fsp3) is 0.333. The summed E-state index contributed by atoms with van der Waals surface area (Å²) in [6.45, 7) is 3.88. The number of aryl methyl sites for hydroxylation is 1. The lowest BCUT2D eigenvalue weighted by Gasteiger charge is -2.22. The number of hydrogen-bond donors (Lipinski definition) is 1. The maximum atomic E-state index is 12.6. The molecular weight excluding hydrogens is 344 g/mol. The van der Waals surface area contributed by atoms with E-state index in [0.29, 0.717) is 37.8 Å². The highest BCUT2D eigenvalue weighted by atomic mass is 16.6. The average molecular weight is 366 g/mol. The maximum absolute atomic E-state index is 12.6. The highest BCUT2D eigenvalue weighted by Crippen LogP contribution is 2.36. The summed E-state index contributed by atoms with van der Waals surface area (Å²) in [6, 6.07) is 13.4. The average Bonchev–Trinajstić information content (AvgIpc) is 3.08. The predicted octanol–water partition coefficient (Wildman–Crippen LogP) is 2.44. The normalized spacial score (nSPS) is 18.5. The van der Waals surface area contributed by atoms with Gasteiger partial charge in [0.25, 0.3) is 0 Å². The molecule has 2 heterocycles. The Bertz CT molecular complexity index is 880. The van der Waals surface area contributed by atoms with Crippen LogP contribution in [0.2, 0.25) is 0 Å². The molecule has 6 nitrogen and oxygen atoms in total. The van der Waals surface area contributed by atoms with Gasteiger partial charge in [-0.2, -0.15) is 0 Å². The number of carbonyl (C=O) groups is 2. The van der Waals surface area contributed by atoms with Gasteiger partial charge in [0.2, 0.25) is 11.8 Å². The van der Waals surface area contributed by atoms with Crippen LogP contribution in [0.1, 0.15) is 17.5 Å². The number of nitrogens with zero attached hydrogens (tertiary/aromatic N) is 1. The number of fused-ring (bicyclic) bond motifs is 1. The molecule has 2 aromatic carbocycles. The van der Waals surface area contributed by atoms with E-state index in [2.05, 4.69) is 5.32 Å². The fourth-order valence-corrected chi connectivity index (χ4v) is 3.47. The number of anilines is 1. The van der Waals surface area contributed by atoms with Crippen LogP contribution < -0.4 is 19.7 Å². The zero-order valence-electron chi connectivity index (χ0n) is 15.2. The third-order valence-electron chi connectivity index (χ3n) is 5.05. The monoisotopic (exact) mass is 366 g/mol. The molecule has 0 bridgehead atoms. The van der Waals surface area contributed by atoms with Crippen LogP contribution in [-0.2, 0) is 16.1 Å². The molecule has 0 radical (unpaired) electrons. The second-order valence-corrected chi connectivity index (χ2v) is 6.88. The molecule has 0 aromatic heterocycles. The fourth-order valence-electron chi connectivity index (χ4n) is 3.47. The molecule has 2 aliphatic heterocycles. The van der Waals surface area contributed by atoms with E-state index in [1.165, 1.54) is 0 Å². The molecule has 1 atom stereocenters. The summed E-state index contributed by atoms with van der Waals surface area (Å²) in [4.78, 5) is 26.7. The molecule has 140 valence electrons. The maximum Gasteiger partial charge on any atom is 0.227 e. The number of nitrogens with one attached hydrogen (secondary N) is 1. The van der Waals surface area contributed by atoms with E-state index in [1.807, 2.05) is 43.3 Å². The van der Waals surface area contributed by atoms with Crippen LogP contribution in [-0.4, -0.2) is 31.6 Å². The van der Waals surface area contributed by atoms with Gasteiger partial charge in [-0.1, -0.05) is 24.3 Å². The summed E-state index contributed by atoms with van der Waals surface area (Å²) >= 11 is 0. The molecule has 0 spiro atoms. The molecule has 1 N–H and O–H groups in total. The quantitative estimate of drug-likeness (QED) is 0.902. The molecule has 6 heteroatoms. The van der Waals surface area contributed by atoms with Crippen molar-refractivity contribution in [1.82, 2.24) is 5.32 Å². The largest absolute Gasteiger partial charge is 0.486 e. The van der Waals surface area contributed by atoms with Gasteiger partial charge in [-0.05, 0) is 30.2 Å². The van der Waals surface area contributed by atoms with Crippen LogP contribution in [0, 0.1) is 12.8 Å². The molecule has 2 aromatic rings. The molecule has 0 aliphatic carbocycles. The number of rotatable bonds is 4. The number of hydrogen-bond acceptors (Lipinski definition) is 4. The minimum atomic E-state index is -0.352. The van der Waals surface area contributed by atoms with E-state index in [-0.39, 0.29) is 24.2 Å². The lowest BCUT2D eigenvalue weighted by atomic mass is 10.1. The number of carbonyl (C=O) groups excluding carboxylic acids is 2. The van der Waals surface area contributed by atoms with E-state index < -0.39 is 0 Å². The molecule has 4 rings (SSSR count). The summed E-state index contributed by atoms with van der Waals surface area (Å²) in [5.41, 5.74) is 2.95. The topological polar surface area (TPSA) is 67.9 Å². The molecule has 2 amide bonds. The van der Waals surface area contributed by atoms with Crippen molar-refractivity contribution in [2.24, 2.45) is 5.92 Å². The van der Waals surface area contributed by atoms with Crippen molar-refractivity contribution in [1.29, 1.82) is 0 Å². The van der Waals surface area contributed by atoms with E-state index in [9.17, 15) is 9.59 Å². The van der Waals surface area contributed by atoms with Gasteiger partial charge >= 0.3 is 0 Å². The first-order chi connectivity index (χ1) is 13.1. The Balaban J connectivity index is 1.41. The Labute approximate surface area is 158 Å². The van der Waals surface area contributed by atoms with Crippen molar-refractivity contribution in [3.05, 3.63) is 53.6 Å². The van der Waals surface area contributed by atoms with E-state index in [0.717, 1.165) is 16.8 Å². The van der Waals surface area contributed by atoms with Crippen molar-refractivity contribution in [2.75, 3.05) is 24.7 Å². The van der Waals surface area contributed by atoms with Crippen LogP contribution in [0.15, 0.2) is 42.5 Å². The van der Waals surface area contributed by atoms with Crippen molar-refractivity contribution >= 4 is 17.5 Å². The van der Waals surface area contributed by atoms with Gasteiger partial charge in [0, 0.05) is 31.3 Å². The summed E-state index contributed by atoms with van der Waals surface area (Å²) in [5.74, 6) is 0.826. The number of ether oxygens (including phenoxy) is 2. The number of amides is 2. The Morgan fingerprint density at radius 1 is 1.15 bits per heavy atom. The van der Waals surface area contributed by atoms with Crippen LogP contribution >= 0.6 is 0 Å². The third-order valence-corrected chi connectivity index (χ3v) is 5.05. The Morgan fingerprint density at radius 3 is 2.74 bits per heavy atom. The molecule has 2 aliphatic rings. The van der Waals surface area contributed by atoms with Gasteiger partial charge < -0.3 is 19.7 Å².